The number of methoxy groups -OCH3 is 2. The molecule has 0 bridgehead atoms. The Morgan fingerprint density at radius 3 is 1.28 bits per heavy atom. The Balaban J connectivity index is 0.000000581. The van der Waals surface area contributed by atoms with E-state index in [4.69, 9.17) is 9.47 Å². The van der Waals surface area contributed by atoms with Crippen molar-refractivity contribution < 1.29 is 28.7 Å². The molecule has 0 aliphatic rings. The summed E-state index contributed by atoms with van der Waals surface area (Å²) in [6.07, 6.45) is 9.89. The molecule has 4 rings (SSSR count). The predicted octanol–water partition coefficient (Wildman–Crippen LogP) is 12.7. The number of pyridine rings is 2. The zero-order chi connectivity index (χ0) is 43.1. The molecule has 0 fully saturated rings. The number of carbonyl (C=O) groups is 4. The van der Waals surface area contributed by atoms with Gasteiger partial charge in [-0.1, -0.05) is 108 Å². The predicted molar refractivity (Wildman–Crippen MR) is 256 cm³/mol. The summed E-state index contributed by atoms with van der Waals surface area (Å²) in [6.45, 7) is 18.8. The van der Waals surface area contributed by atoms with Gasteiger partial charge in [-0.15, -0.1) is 0 Å². The maximum absolute atomic E-state index is 12.8. The summed E-state index contributed by atoms with van der Waals surface area (Å²) in [5.74, 6) is 0.153. The number of Topliss-reactive ketones (excluding diaryl/α,β-unsaturated/α-hetero) is 2. The molecule has 328 valence electrons. The van der Waals surface area contributed by atoms with Gasteiger partial charge in [0.1, 0.15) is 11.6 Å². The highest BCUT2D eigenvalue weighted by Gasteiger charge is 2.26. The van der Waals surface area contributed by atoms with Crippen LogP contribution in [0, 0.1) is 45.4 Å². The van der Waals surface area contributed by atoms with Gasteiger partial charge < -0.3 is 9.47 Å². The quantitative estimate of drug-likeness (QED) is 0.0551. The number of carbonyl (C=O) groups excluding carboxylic acids is 4. The monoisotopic (exact) mass is 934 g/mol. The van der Waals surface area contributed by atoms with Crippen molar-refractivity contribution in [3.63, 3.8) is 0 Å². The van der Waals surface area contributed by atoms with E-state index in [1.807, 2.05) is 31.5 Å². The molecular formula is C51H71IN2O6. The maximum Gasteiger partial charge on any atom is 0.306 e. The van der Waals surface area contributed by atoms with Crippen LogP contribution in [-0.2, 0) is 28.7 Å². The molecule has 4 atom stereocenters. The number of alkyl halides is 1. The van der Waals surface area contributed by atoms with Crippen molar-refractivity contribution in [2.75, 3.05) is 14.2 Å². The van der Waals surface area contributed by atoms with Crippen LogP contribution in [-0.4, -0.2) is 51.6 Å². The van der Waals surface area contributed by atoms with E-state index in [1.54, 1.807) is 12.4 Å². The number of aryl methyl sites for hydroxylation is 4. The molecule has 1 unspecified atom stereocenters. The second-order valence-corrected chi connectivity index (χ2v) is 18.0. The average molecular weight is 935 g/mol. The molecule has 60 heavy (non-hydrogen) atoms. The Labute approximate surface area is 375 Å². The normalized spacial score (nSPS) is 12.8. The SMILES string of the molecule is C.C.COC(=O)C[C@H](CC(=O)C(I)CC(C)C)c1cncc(-c2c(C)cccc2C)c1.COC(=O)C[C@H](CC(=O)[C@H](C)CC(C)C)c1cncc(-c2c(C)cccc2C)c1. The van der Waals surface area contributed by atoms with E-state index in [9.17, 15) is 19.2 Å². The number of benzene rings is 2. The molecule has 2 aromatic carbocycles. The van der Waals surface area contributed by atoms with E-state index in [1.165, 1.54) is 36.5 Å². The third kappa shape index (κ3) is 16.3. The van der Waals surface area contributed by atoms with Gasteiger partial charge in [0, 0.05) is 66.5 Å². The van der Waals surface area contributed by atoms with Gasteiger partial charge in [-0.2, -0.15) is 0 Å². The Hall–Kier alpha value is -4.25. The third-order valence-electron chi connectivity index (χ3n) is 10.6. The number of ether oxygens (including phenoxy) is 2. The van der Waals surface area contributed by atoms with Crippen molar-refractivity contribution in [1.82, 2.24) is 9.97 Å². The van der Waals surface area contributed by atoms with Crippen LogP contribution in [0.3, 0.4) is 0 Å². The molecule has 0 saturated carbocycles. The summed E-state index contributed by atoms with van der Waals surface area (Å²) in [7, 11) is 2.76. The smallest absolute Gasteiger partial charge is 0.306 e. The Morgan fingerprint density at radius 1 is 0.567 bits per heavy atom. The van der Waals surface area contributed by atoms with Gasteiger partial charge in [-0.05, 0) is 109 Å². The first kappa shape index (κ1) is 53.8. The second kappa shape index (κ2) is 26.2. The van der Waals surface area contributed by atoms with Gasteiger partial charge in [0.05, 0.1) is 31.0 Å². The molecule has 0 aliphatic carbocycles. The summed E-state index contributed by atoms with van der Waals surface area (Å²) >= 11 is 2.22. The number of aromatic nitrogens is 2. The van der Waals surface area contributed by atoms with Crippen molar-refractivity contribution in [1.29, 1.82) is 0 Å². The molecule has 2 aromatic heterocycles. The molecule has 0 saturated heterocycles. The first-order valence-corrected chi connectivity index (χ1v) is 21.6. The number of halogens is 1. The topological polar surface area (TPSA) is 113 Å². The molecule has 4 aromatic rings. The minimum Gasteiger partial charge on any atom is -0.469 e. The second-order valence-electron chi connectivity index (χ2n) is 16.5. The molecule has 0 spiro atoms. The minimum absolute atomic E-state index is 0. The van der Waals surface area contributed by atoms with E-state index < -0.39 is 0 Å². The molecule has 9 heteroatoms. The fraction of sp³-hybridized carbons (Fsp3) is 0.490. The summed E-state index contributed by atoms with van der Waals surface area (Å²) in [5, 5.41) is 0. The number of hydrogen-bond acceptors (Lipinski definition) is 8. The maximum atomic E-state index is 12.8. The summed E-state index contributed by atoms with van der Waals surface area (Å²) in [6, 6.07) is 16.5. The lowest BCUT2D eigenvalue weighted by atomic mass is 9.84. The molecule has 0 amide bonds. The largest absolute Gasteiger partial charge is 0.469 e. The highest BCUT2D eigenvalue weighted by Crippen LogP contribution is 2.34. The van der Waals surface area contributed by atoms with E-state index in [2.05, 4.69) is 124 Å². The summed E-state index contributed by atoms with van der Waals surface area (Å²) in [4.78, 5) is 58.6. The van der Waals surface area contributed by atoms with Gasteiger partial charge in [-0.3, -0.25) is 29.1 Å². The minimum atomic E-state index is -0.311. The van der Waals surface area contributed by atoms with Crippen LogP contribution in [0.4, 0.5) is 0 Å². The number of nitrogens with zero attached hydrogens (tertiary/aromatic N) is 2. The van der Waals surface area contributed by atoms with Crippen LogP contribution in [0.15, 0.2) is 73.3 Å². The van der Waals surface area contributed by atoms with Crippen LogP contribution >= 0.6 is 22.6 Å². The lowest BCUT2D eigenvalue weighted by molar-refractivity contribution is -0.142. The lowest BCUT2D eigenvalue weighted by Gasteiger charge is -2.20. The molecule has 8 nitrogen and oxygen atoms in total. The molecule has 0 radical (unpaired) electrons. The fourth-order valence-corrected chi connectivity index (χ4v) is 8.83. The Morgan fingerprint density at radius 2 is 0.933 bits per heavy atom. The Kier molecular flexibility index (Phi) is 23.4. The molecule has 0 aliphatic heterocycles. The number of esters is 2. The zero-order valence-corrected chi connectivity index (χ0v) is 38.5. The first-order valence-electron chi connectivity index (χ1n) is 20.3. The van der Waals surface area contributed by atoms with Crippen LogP contribution in [0.1, 0.15) is 133 Å². The van der Waals surface area contributed by atoms with Crippen molar-refractivity contribution in [2.45, 2.75) is 131 Å². The first-order chi connectivity index (χ1) is 27.4. The van der Waals surface area contributed by atoms with Crippen LogP contribution < -0.4 is 0 Å². The van der Waals surface area contributed by atoms with Crippen LogP contribution in [0.25, 0.3) is 22.3 Å². The number of ketones is 2. The average Bonchev–Trinajstić information content (AvgIpc) is 3.17. The van der Waals surface area contributed by atoms with Gasteiger partial charge in [0.15, 0.2) is 0 Å². The van der Waals surface area contributed by atoms with Crippen molar-refractivity contribution >= 4 is 46.1 Å². The summed E-state index contributed by atoms with van der Waals surface area (Å²) in [5.41, 5.74) is 10.8. The number of hydrogen-bond donors (Lipinski definition) is 0. The molecule has 0 N–H and O–H groups in total. The van der Waals surface area contributed by atoms with Gasteiger partial charge >= 0.3 is 11.9 Å². The van der Waals surface area contributed by atoms with Crippen molar-refractivity contribution in [2.24, 2.45) is 17.8 Å². The van der Waals surface area contributed by atoms with Gasteiger partial charge in [0.2, 0.25) is 0 Å². The van der Waals surface area contributed by atoms with Crippen molar-refractivity contribution in [3.8, 4) is 22.3 Å². The lowest BCUT2D eigenvalue weighted by Crippen LogP contribution is -2.20. The third-order valence-corrected chi connectivity index (χ3v) is 11.8. The molecular weight excluding hydrogens is 863 g/mol. The van der Waals surface area contributed by atoms with E-state index >= 15 is 0 Å². The number of rotatable bonds is 18. The Bertz CT molecular complexity index is 1820. The van der Waals surface area contributed by atoms with Gasteiger partial charge in [-0.25, -0.2) is 0 Å². The molecule has 2 heterocycles. The van der Waals surface area contributed by atoms with E-state index in [0.29, 0.717) is 24.7 Å². The van der Waals surface area contributed by atoms with Crippen LogP contribution in [0.5, 0.6) is 0 Å². The highest BCUT2D eigenvalue weighted by molar-refractivity contribution is 14.1. The zero-order valence-electron chi connectivity index (χ0n) is 36.4. The van der Waals surface area contributed by atoms with Crippen LogP contribution in [0.2, 0.25) is 0 Å². The highest BCUT2D eigenvalue weighted by atomic mass is 127. The van der Waals surface area contributed by atoms with Gasteiger partial charge in [0.25, 0.3) is 0 Å². The van der Waals surface area contributed by atoms with Crippen molar-refractivity contribution in [3.05, 3.63) is 107 Å². The van der Waals surface area contributed by atoms with E-state index in [0.717, 1.165) is 46.2 Å². The fourth-order valence-electron chi connectivity index (χ4n) is 7.56. The van der Waals surface area contributed by atoms with E-state index in [-0.39, 0.29) is 72.9 Å². The summed E-state index contributed by atoms with van der Waals surface area (Å²) < 4.78 is 9.73. The standard InChI is InChI=1S/C25H33NO3.C24H30INO3.2CH4/c1-16(2)10-19(5)23(27)12-20(13-24(28)29-6)21-11-22(15-26-14-21)25-17(3)8-7-9-18(25)4;1-15(2)9-21(25)22(27)11-18(12-23(28)29-5)19-10-20(14-26-13-19)24-16(3)7-6-8-17(24)4;;/h7-9,11,14-16,19-20H,10,12-13H2,1-6H3;6-8,10,13-15,18,21H,9,11-12H2,1-5H3;2*1H4/t19-,20+;18-,21?;;/m10../s1.